The number of hydrogen-bond donors (Lipinski definition) is 0. The molecule has 19 nitrogen and oxygen atoms in total. The lowest BCUT2D eigenvalue weighted by Gasteiger charge is -2.25. The second-order valence-electron chi connectivity index (χ2n) is 31.4. The number of aryl methyl sites for hydroxylation is 3. The molecule has 0 aliphatic carbocycles. The molecule has 642 valence electrons. The molecule has 1 atom stereocenters. The normalized spacial score (nSPS) is 13.6. The summed E-state index contributed by atoms with van der Waals surface area (Å²) in [4.78, 5) is 87.3. The Morgan fingerprint density at radius 3 is 1.28 bits per heavy atom. The van der Waals surface area contributed by atoms with E-state index in [1.54, 1.807) is 112 Å². The van der Waals surface area contributed by atoms with Gasteiger partial charge < -0.3 is 29.2 Å². The number of nitrogens with zero attached hydrogens (tertiary/aromatic N) is 13. The Morgan fingerprint density at radius 1 is 0.398 bits per heavy atom. The van der Waals surface area contributed by atoms with Gasteiger partial charge in [-0.15, -0.1) is 0 Å². The van der Waals surface area contributed by atoms with Crippen molar-refractivity contribution in [1.29, 1.82) is 0 Å². The number of fused-ring (bicyclic) bond motifs is 5. The molecular weight excluding hydrogens is 1690 g/mol. The molecule has 27 heteroatoms. The molecule has 11 heterocycles. The van der Waals surface area contributed by atoms with Crippen molar-refractivity contribution in [2.24, 2.45) is 14.1 Å². The summed E-state index contributed by atoms with van der Waals surface area (Å²) in [5, 5.41) is 9.89. The summed E-state index contributed by atoms with van der Waals surface area (Å²) in [6, 6.07) is 69.2. The minimum atomic E-state index is -4.51. The quantitative estimate of drug-likeness (QED) is 0.0656. The number of carbonyl (C=O) groups excluding carboxylic acids is 5. The maximum atomic E-state index is 14.7. The third-order valence-corrected chi connectivity index (χ3v) is 24.0. The highest BCUT2D eigenvalue weighted by molar-refractivity contribution is 6.32. The lowest BCUT2D eigenvalue weighted by Crippen LogP contribution is -2.27. The second kappa shape index (κ2) is 37.8. The summed E-state index contributed by atoms with van der Waals surface area (Å²) in [6.45, 7) is 7.37. The van der Waals surface area contributed by atoms with Crippen LogP contribution in [0.25, 0.3) is 55.6 Å². The van der Waals surface area contributed by atoms with Crippen LogP contribution < -0.4 is 4.74 Å². The molecule has 0 bridgehead atoms. The summed E-state index contributed by atoms with van der Waals surface area (Å²) in [7, 11) is 5.18. The standard InChI is InChI=1S/C21H17ClN2O2.C20H15Cl2N3O.C20H16F3N3O.C20H18FN3O.C20H15FN2O/c1-26-18-8-6-14(7-9-18)15-4-5-16(19(22)11-15)12-24-13-17-3-2-10-23-20(17)21(24)25;1-12-7-16(9-24-19(12)22)13-4-5-14(17(21)8-13)10-25-11-15-3-2-6-23-18(15)20(25)26;1-25-10-16(9-24-25)13-6-7-15(18(8-13)20(21,22)23)12-26-11-14-4-2-3-5-17(14)19(26)27;1-13(24-12-15-5-3-4-6-18(15)20(24)25)17-8-7-14(9-19(17)21)16-10-22-23(2)11-16;21-19-11-15(14-7-9-22-10-8-14)5-6-17(19)13-23-12-16-3-1-2-4-18(16)20(23)24/h2-11H,12-13H2,1H3;2-9H,10-11H2,1H3;2-10H,11-12H2,1H3;3-11,13H,12H2,1-2H3;1-11H,12-13H2. The lowest BCUT2D eigenvalue weighted by atomic mass is 10.00. The number of hydrogen-bond acceptors (Lipinski definition) is 12. The first kappa shape index (κ1) is 87.2. The van der Waals surface area contributed by atoms with Gasteiger partial charge in [0, 0.05) is 182 Å². The van der Waals surface area contributed by atoms with Gasteiger partial charge in [-0.1, -0.05) is 174 Å². The van der Waals surface area contributed by atoms with E-state index in [0.29, 0.717) is 111 Å². The first-order valence-electron chi connectivity index (χ1n) is 40.9. The van der Waals surface area contributed by atoms with Crippen LogP contribution in [-0.4, -0.2) is 101 Å². The van der Waals surface area contributed by atoms with Crippen molar-refractivity contribution in [2.75, 3.05) is 7.11 Å². The highest BCUT2D eigenvalue weighted by atomic mass is 35.5. The zero-order chi connectivity index (χ0) is 89.6. The Morgan fingerprint density at radius 2 is 0.812 bits per heavy atom. The number of alkyl halides is 3. The third-order valence-electron chi connectivity index (χ3n) is 22.9. The molecule has 15 aromatic rings. The Kier molecular flexibility index (Phi) is 25.8. The SMILES string of the molecule is CC(c1ccc(-c2cnn(C)c2)cc1F)N1Cc2ccccc2C1=O.COc1ccc(-c2ccc(CN3Cc4cccnc4C3=O)c(Cl)c2)cc1.Cc1cc(-c2ccc(CN3Cc4cccnc4C3=O)c(Cl)c2)cnc1Cl.Cn1cc(-c2ccc(CN3Cc4ccccc4C3=O)c(C(F)(F)F)c2)cn1.O=C1c2ccccc2CN1Cc1ccc(-c2ccncc2)cc1F. The van der Waals surface area contributed by atoms with Gasteiger partial charge in [0.1, 0.15) is 33.9 Å². The van der Waals surface area contributed by atoms with E-state index in [2.05, 4.69) is 30.1 Å². The molecule has 20 rings (SSSR count). The fourth-order valence-electron chi connectivity index (χ4n) is 16.0. The summed E-state index contributed by atoms with van der Waals surface area (Å²) in [5.74, 6) is -0.214. The van der Waals surface area contributed by atoms with Crippen molar-refractivity contribution < 1.29 is 50.7 Å². The summed E-state index contributed by atoms with van der Waals surface area (Å²) < 4.78 is 78.6. The van der Waals surface area contributed by atoms with Crippen LogP contribution >= 0.6 is 34.8 Å². The van der Waals surface area contributed by atoms with Crippen LogP contribution in [0.1, 0.15) is 132 Å². The van der Waals surface area contributed by atoms with E-state index < -0.39 is 11.7 Å². The number of benzene rings is 9. The van der Waals surface area contributed by atoms with E-state index in [0.717, 1.165) is 101 Å². The number of rotatable bonds is 16. The van der Waals surface area contributed by atoms with E-state index in [1.165, 1.54) is 34.0 Å². The van der Waals surface area contributed by atoms with Crippen LogP contribution in [0.15, 0.2) is 286 Å². The Balaban J connectivity index is 0.000000118. The minimum Gasteiger partial charge on any atom is -0.497 e. The van der Waals surface area contributed by atoms with Crippen molar-refractivity contribution in [3.05, 3.63) is 408 Å². The monoisotopic (exact) mass is 1770 g/mol. The van der Waals surface area contributed by atoms with Crippen molar-refractivity contribution >= 4 is 64.3 Å². The van der Waals surface area contributed by atoms with E-state index in [4.69, 9.17) is 39.5 Å². The molecule has 0 saturated heterocycles. The van der Waals surface area contributed by atoms with Crippen LogP contribution in [0.2, 0.25) is 15.2 Å². The minimum absolute atomic E-state index is 0.0387. The molecule has 0 spiro atoms. The molecule has 5 aliphatic rings. The average molecular weight is 1770 g/mol. The fraction of sp³-hybridized carbons (Fsp3) is 0.158. The molecular formula is C101H81Cl3F5N13O6. The van der Waals surface area contributed by atoms with Gasteiger partial charge in [0.25, 0.3) is 29.5 Å². The molecule has 0 saturated carbocycles. The molecule has 0 fully saturated rings. The largest absolute Gasteiger partial charge is 0.497 e. The third kappa shape index (κ3) is 19.2. The summed E-state index contributed by atoms with van der Waals surface area (Å²) >= 11 is 19.0. The van der Waals surface area contributed by atoms with E-state index >= 15 is 0 Å². The number of methoxy groups -OCH3 is 1. The van der Waals surface area contributed by atoms with Gasteiger partial charge in [0.05, 0.1) is 31.1 Å². The first-order valence-corrected chi connectivity index (χ1v) is 42.0. The van der Waals surface area contributed by atoms with Crippen LogP contribution in [0, 0.1) is 18.6 Å². The lowest BCUT2D eigenvalue weighted by molar-refractivity contribution is -0.138. The molecule has 6 aromatic heterocycles. The van der Waals surface area contributed by atoms with Crippen molar-refractivity contribution in [3.8, 4) is 61.4 Å². The van der Waals surface area contributed by atoms with Gasteiger partial charge in [-0.2, -0.15) is 23.4 Å². The molecule has 0 radical (unpaired) electrons. The van der Waals surface area contributed by atoms with Gasteiger partial charge >= 0.3 is 6.18 Å². The summed E-state index contributed by atoms with van der Waals surface area (Å²) in [5.41, 5.74) is 19.3. The van der Waals surface area contributed by atoms with Crippen LogP contribution in [0.3, 0.4) is 0 Å². The van der Waals surface area contributed by atoms with E-state index in [9.17, 15) is 45.9 Å². The second-order valence-corrected chi connectivity index (χ2v) is 32.5. The first-order chi connectivity index (χ1) is 61.8. The summed E-state index contributed by atoms with van der Waals surface area (Å²) in [6.07, 6.45) is 10.6. The predicted octanol–water partition coefficient (Wildman–Crippen LogP) is 21.7. The Bertz CT molecular complexity index is 6750. The average Bonchev–Trinajstić information content (AvgIpc) is 1.74. The fourth-order valence-corrected chi connectivity index (χ4v) is 16.6. The van der Waals surface area contributed by atoms with Gasteiger partial charge in [-0.3, -0.25) is 48.3 Å². The molecule has 128 heavy (non-hydrogen) atoms. The molecule has 0 N–H and O–H groups in total. The highest BCUT2D eigenvalue weighted by Gasteiger charge is 2.38. The Labute approximate surface area is 749 Å². The van der Waals surface area contributed by atoms with Gasteiger partial charge in [0.15, 0.2) is 0 Å². The zero-order valence-corrected chi connectivity index (χ0v) is 72.1. The number of pyridine rings is 4. The molecule has 1 unspecified atom stereocenters. The number of halogens is 8. The van der Waals surface area contributed by atoms with Gasteiger partial charge in [0.2, 0.25) is 0 Å². The molecule has 5 amide bonds. The predicted molar refractivity (Wildman–Crippen MR) is 480 cm³/mol. The van der Waals surface area contributed by atoms with E-state index in [-0.39, 0.29) is 65.9 Å². The number of aromatic nitrogens is 8. The van der Waals surface area contributed by atoms with Crippen LogP contribution in [-0.2, 0) is 79.2 Å². The van der Waals surface area contributed by atoms with Gasteiger partial charge in [-0.05, 0) is 183 Å². The number of carbonyl (C=O) groups is 5. The molecule has 5 aliphatic heterocycles. The smallest absolute Gasteiger partial charge is 0.416 e. The zero-order valence-electron chi connectivity index (χ0n) is 69.9. The highest BCUT2D eigenvalue weighted by Crippen LogP contribution is 2.40. The van der Waals surface area contributed by atoms with Gasteiger partial charge in [-0.25, -0.2) is 13.8 Å². The van der Waals surface area contributed by atoms with Crippen LogP contribution in [0.4, 0.5) is 22.0 Å². The maximum absolute atomic E-state index is 14.7. The number of ether oxygens (including phenoxy) is 1. The van der Waals surface area contributed by atoms with E-state index in [1.807, 2.05) is 203 Å². The number of amides is 5. The van der Waals surface area contributed by atoms with Crippen molar-refractivity contribution in [2.45, 2.75) is 85.0 Å². The van der Waals surface area contributed by atoms with Crippen LogP contribution in [0.5, 0.6) is 5.75 Å². The molecule has 9 aromatic carbocycles. The maximum Gasteiger partial charge on any atom is 0.416 e. The van der Waals surface area contributed by atoms with Crippen molar-refractivity contribution in [1.82, 2.24) is 64.0 Å². The van der Waals surface area contributed by atoms with Crippen molar-refractivity contribution in [3.63, 3.8) is 0 Å². The Hall–Kier alpha value is -14.3. The topological polar surface area (TPSA) is 198 Å².